The first-order valence-corrected chi connectivity index (χ1v) is 5.49. The summed E-state index contributed by atoms with van der Waals surface area (Å²) >= 11 is 5.81. The zero-order valence-corrected chi connectivity index (χ0v) is 9.88. The molecule has 1 aliphatic heterocycles. The second-order valence-corrected chi connectivity index (χ2v) is 4.42. The van der Waals surface area contributed by atoms with E-state index in [0.717, 1.165) is 0 Å². The number of nitrogens with zero attached hydrogens (tertiary/aromatic N) is 1. The van der Waals surface area contributed by atoms with E-state index in [9.17, 15) is 9.59 Å². The standard InChI is InChI=1S/C11H16ClNO2/c1-4-5-13-7-9(6-12)11(3,8(2)14)10(13)15/h4,9H,1,5-7H2,2-3H3/t9-,11+/m0/s1. The van der Waals surface area contributed by atoms with Crippen molar-refractivity contribution >= 4 is 23.3 Å². The molecule has 0 N–H and O–H groups in total. The fourth-order valence-electron chi connectivity index (χ4n) is 1.99. The molecule has 1 heterocycles. The summed E-state index contributed by atoms with van der Waals surface area (Å²) in [6.07, 6.45) is 1.66. The molecule has 84 valence electrons. The van der Waals surface area contributed by atoms with Gasteiger partial charge in [-0.05, 0) is 13.8 Å². The predicted molar refractivity (Wildman–Crippen MR) is 59.8 cm³/mol. The van der Waals surface area contributed by atoms with Gasteiger partial charge in [-0.2, -0.15) is 0 Å². The molecular formula is C11H16ClNO2. The fourth-order valence-corrected chi connectivity index (χ4v) is 2.40. The second kappa shape index (κ2) is 4.35. The van der Waals surface area contributed by atoms with Crippen LogP contribution >= 0.6 is 11.6 Å². The van der Waals surface area contributed by atoms with E-state index < -0.39 is 5.41 Å². The Balaban J connectivity index is 3.00. The molecule has 3 nitrogen and oxygen atoms in total. The number of Topliss-reactive ketones (excluding diaryl/α,β-unsaturated/α-hetero) is 1. The predicted octanol–water partition coefficient (Wildman–Crippen LogP) is 1.46. The van der Waals surface area contributed by atoms with Gasteiger partial charge in [-0.1, -0.05) is 6.08 Å². The molecule has 0 radical (unpaired) electrons. The van der Waals surface area contributed by atoms with Gasteiger partial charge in [0, 0.05) is 24.9 Å². The van der Waals surface area contributed by atoms with Crippen molar-refractivity contribution in [3.63, 3.8) is 0 Å². The van der Waals surface area contributed by atoms with Gasteiger partial charge >= 0.3 is 0 Å². The summed E-state index contributed by atoms with van der Waals surface area (Å²) in [7, 11) is 0. The number of halogens is 1. The number of carbonyl (C=O) groups is 2. The Hall–Kier alpha value is -0.830. The van der Waals surface area contributed by atoms with Crippen LogP contribution in [0.1, 0.15) is 13.8 Å². The Kier molecular flexibility index (Phi) is 3.55. The molecule has 1 saturated heterocycles. The molecule has 0 unspecified atom stereocenters. The van der Waals surface area contributed by atoms with Crippen LogP contribution in [0.5, 0.6) is 0 Å². The maximum absolute atomic E-state index is 12.0. The SMILES string of the molecule is C=CCN1C[C@H](CCl)[C@@](C)(C(C)=O)C1=O. The first kappa shape index (κ1) is 12.2. The van der Waals surface area contributed by atoms with Crippen LogP contribution in [0.2, 0.25) is 0 Å². The summed E-state index contributed by atoms with van der Waals surface area (Å²) in [6, 6.07) is 0. The largest absolute Gasteiger partial charge is 0.338 e. The number of hydrogen-bond donors (Lipinski definition) is 0. The number of carbonyl (C=O) groups excluding carboxylic acids is 2. The van der Waals surface area contributed by atoms with Crippen LogP contribution in [0, 0.1) is 11.3 Å². The lowest BCUT2D eigenvalue weighted by Gasteiger charge is -2.23. The maximum Gasteiger partial charge on any atom is 0.236 e. The Morgan fingerprint density at radius 3 is 2.73 bits per heavy atom. The molecule has 2 atom stereocenters. The minimum atomic E-state index is -0.940. The number of amides is 1. The van der Waals surface area contributed by atoms with E-state index in [1.165, 1.54) is 6.92 Å². The number of hydrogen-bond acceptors (Lipinski definition) is 2. The average Bonchev–Trinajstić information content (AvgIpc) is 2.44. The van der Waals surface area contributed by atoms with Crippen LogP contribution in [0.25, 0.3) is 0 Å². The summed E-state index contributed by atoms with van der Waals surface area (Å²) < 4.78 is 0. The van der Waals surface area contributed by atoms with E-state index >= 15 is 0 Å². The van der Waals surface area contributed by atoms with Gasteiger partial charge in [0.1, 0.15) is 11.2 Å². The van der Waals surface area contributed by atoms with Crippen molar-refractivity contribution in [3.05, 3.63) is 12.7 Å². The topological polar surface area (TPSA) is 37.4 Å². The van der Waals surface area contributed by atoms with Crippen LogP contribution in [0.4, 0.5) is 0 Å². The van der Waals surface area contributed by atoms with Crippen molar-refractivity contribution in [3.8, 4) is 0 Å². The number of ketones is 1. The van der Waals surface area contributed by atoms with Gasteiger partial charge in [-0.3, -0.25) is 9.59 Å². The van der Waals surface area contributed by atoms with E-state index in [2.05, 4.69) is 6.58 Å². The summed E-state index contributed by atoms with van der Waals surface area (Å²) in [5.41, 5.74) is -0.940. The minimum Gasteiger partial charge on any atom is -0.338 e. The third-order valence-corrected chi connectivity index (χ3v) is 3.63. The molecule has 0 spiro atoms. The highest BCUT2D eigenvalue weighted by Gasteiger charge is 2.52. The molecule has 1 rings (SSSR count). The zero-order chi connectivity index (χ0) is 11.6. The molecule has 15 heavy (non-hydrogen) atoms. The van der Waals surface area contributed by atoms with Gasteiger partial charge < -0.3 is 4.90 Å². The van der Waals surface area contributed by atoms with Crippen molar-refractivity contribution in [2.75, 3.05) is 19.0 Å². The molecule has 1 amide bonds. The van der Waals surface area contributed by atoms with Crippen molar-refractivity contribution in [2.24, 2.45) is 11.3 Å². The number of alkyl halides is 1. The minimum absolute atomic E-state index is 0.0934. The van der Waals surface area contributed by atoms with Crippen molar-refractivity contribution in [1.29, 1.82) is 0 Å². The molecule has 0 saturated carbocycles. The highest BCUT2D eigenvalue weighted by atomic mass is 35.5. The van der Waals surface area contributed by atoms with Gasteiger partial charge in [0.05, 0.1) is 0 Å². The molecule has 4 heteroatoms. The molecule has 0 aromatic rings. The van der Waals surface area contributed by atoms with Crippen LogP contribution in [-0.2, 0) is 9.59 Å². The molecule has 1 aliphatic rings. The quantitative estimate of drug-likeness (QED) is 0.416. The number of likely N-dealkylation sites (tertiary alicyclic amines) is 1. The van der Waals surface area contributed by atoms with Crippen LogP contribution in [0.15, 0.2) is 12.7 Å². The van der Waals surface area contributed by atoms with Crippen LogP contribution in [0.3, 0.4) is 0 Å². The van der Waals surface area contributed by atoms with Gasteiger partial charge in [0.15, 0.2) is 0 Å². The molecule has 0 bridgehead atoms. The highest BCUT2D eigenvalue weighted by Crippen LogP contribution is 2.38. The summed E-state index contributed by atoms with van der Waals surface area (Å²) in [6.45, 7) is 7.76. The summed E-state index contributed by atoms with van der Waals surface area (Å²) in [4.78, 5) is 25.2. The van der Waals surface area contributed by atoms with E-state index in [4.69, 9.17) is 11.6 Å². The van der Waals surface area contributed by atoms with Gasteiger partial charge in [0.2, 0.25) is 5.91 Å². The molecular weight excluding hydrogens is 214 g/mol. The highest BCUT2D eigenvalue weighted by molar-refractivity contribution is 6.19. The first-order chi connectivity index (χ1) is 6.98. The third-order valence-electron chi connectivity index (χ3n) is 3.26. The lowest BCUT2D eigenvalue weighted by Crippen LogP contribution is -2.40. The molecule has 0 aromatic heterocycles. The normalized spacial score (nSPS) is 30.7. The van der Waals surface area contributed by atoms with Crippen molar-refractivity contribution in [1.82, 2.24) is 4.90 Å². The van der Waals surface area contributed by atoms with Gasteiger partial charge in [-0.25, -0.2) is 0 Å². The van der Waals surface area contributed by atoms with Crippen LogP contribution < -0.4 is 0 Å². The first-order valence-electron chi connectivity index (χ1n) is 4.95. The Bertz CT molecular complexity index is 303. The van der Waals surface area contributed by atoms with Gasteiger partial charge in [-0.15, -0.1) is 18.2 Å². The zero-order valence-electron chi connectivity index (χ0n) is 9.12. The van der Waals surface area contributed by atoms with E-state index in [1.54, 1.807) is 17.9 Å². The van der Waals surface area contributed by atoms with E-state index in [1.807, 2.05) is 0 Å². The smallest absolute Gasteiger partial charge is 0.236 e. The van der Waals surface area contributed by atoms with E-state index in [0.29, 0.717) is 19.0 Å². The Morgan fingerprint density at radius 2 is 2.40 bits per heavy atom. The average molecular weight is 230 g/mol. The van der Waals surface area contributed by atoms with Crippen molar-refractivity contribution < 1.29 is 9.59 Å². The molecule has 0 aliphatic carbocycles. The third kappa shape index (κ3) is 1.81. The van der Waals surface area contributed by atoms with Gasteiger partial charge in [0.25, 0.3) is 0 Å². The lowest BCUT2D eigenvalue weighted by molar-refractivity contribution is -0.143. The lowest BCUT2D eigenvalue weighted by atomic mass is 9.77. The van der Waals surface area contributed by atoms with Crippen LogP contribution in [-0.4, -0.2) is 35.6 Å². The molecule has 0 aromatic carbocycles. The fraction of sp³-hybridized carbons (Fsp3) is 0.636. The molecule has 1 fully saturated rings. The summed E-state index contributed by atoms with van der Waals surface area (Å²) in [5, 5.41) is 0. The van der Waals surface area contributed by atoms with Crippen molar-refractivity contribution in [2.45, 2.75) is 13.8 Å². The Labute approximate surface area is 95.1 Å². The second-order valence-electron chi connectivity index (χ2n) is 4.11. The number of rotatable bonds is 4. The van der Waals surface area contributed by atoms with E-state index in [-0.39, 0.29) is 17.6 Å². The monoisotopic (exact) mass is 229 g/mol. The Morgan fingerprint density at radius 1 is 1.80 bits per heavy atom. The maximum atomic E-state index is 12.0. The summed E-state index contributed by atoms with van der Waals surface area (Å²) in [5.74, 6) is 0.00418.